The SMILES string of the molecule is CC(C)N1CCC(NC#N)C1. The van der Waals surface area contributed by atoms with Gasteiger partial charge in [0, 0.05) is 25.2 Å². The maximum absolute atomic E-state index is 8.37. The molecular weight excluding hydrogens is 138 g/mol. The number of hydrogen-bond acceptors (Lipinski definition) is 3. The van der Waals surface area contributed by atoms with Crippen molar-refractivity contribution >= 4 is 0 Å². The van der Waals surface area contributed by atoms with E-state index in [1.165, 1.54) is 0 Å². The molecule has 0 amide bonds. The largest absolute Gasteiger partial charge is 0.319 e. The molecule has 0 saturated carbocycles. The fourth-order valence-electron chi connectivity index (χ4n) is 1.47. The minimum atomic E-state index is 0.391. The first-order chi connectivity index (χ1) is 5.24. The van der Waals surface area contributed by atoms with Crippen LogP contribution < -0.4 is 5.32 Å². The van der Waals surface area contributed by atoms with Crippen molar-refractivity contribution < 1.29 is 0 Å². The van der Waals surface area contributed by atoms with Gasteiger partial charge in [0.15, 0.2) is 6.19 Å². The average molecular weight is 153 g/mol. The monoisotopic (exact) mass is 153 g/mol. The molecule has 11 heavy (non-hydrogen) atoms. The normalized spacial score (nSPS) is 25.5. The van der Waals surface area contributed by atoms with Crippen molar-refractivity contribution in [2.24, 2.45) is 0 Å². The maximum Gasteiger partial charge on any atom is 0.176 e. The van der Waals surface area contributed by atoms with Crippen LogP contribution in [-0.4, -0.2) is 30.1 Å². The molecule has 0 aliphatic carbocycles. The zero-order valence-corrected chi connectivity index (χ0v) is 7.17. The lowest BCUT2D eigenvalue weighted by molar-refractivity contribution is 0.270. The molecule has 1 aliphatic heterocycles. The minimum Gasteiger partial charge on any atom is -0.319 e. The van der Waals surface area contributed by atoms with Crippen LogP contribution in [0.15, 0.2) is 0 Å². The molecule has 1 saturated heterocycles. The van der Waals surface area contributed by atoms with Gasteiger partial charge in [0.1, 0.15) is 0 Å². The Morgan fingerprint density at radius 2 is 2.36 bits per heavy atom. The Kier molecular flexibility index (Phi) is 2.72. The molecule has 1 atom stereocenters. The zero-order chi connectivity index (χ0) is 8.27. The molecule has 0 bridgehead atoms. The highest BCUT2D eigenvalue weighted by Gasteiger charge is 2.23. The average Bonchev–Trinajstić information content (AvgIpc) is 2.37. The van der Waals surface area contributed by atoms with E-state index < -0.39 is 0 Å². The van der Waals surface area contributed by atoms with E-state index >= 15 is 0 Å². The van der Waals surface area contributed by atoms with Crippen LogP contribution in [0.25, 0.3) is 0 Å². The van der Waals surface area contributed by atoms with Crippen molar-refractivity contribution in [1.29, 1.82) is 5.26 Å². The molecule has 1 heterocycles. The Morgan fingerprint density at radius 3 is 2.82 bits per heavy atom. The standard InChI is InChI=1S/C8H15N3/c1-7(2)11-4-3-8(5-11)10-6-9/h7-8,10H,3-5H2,1-2H3. The Balaban J connectivity index is 2.30. The summed E-state index contributed by atoms with van der Waals surface area (Å²) in [6.45, 7) is 6.52. The number of hydrogen-bond donors (Lipinski definition) is 1. The maximum atomic E-state index is 8.37. The van der Waals surface area contributed by atoms with Gasteiger partial charge in [0.2, 0.25) is 0 Å². The van der Waals surface area contributed by atoms with Crippen LogP contribution in [0.3, 0.4) is 0 Å². The van der Waals surface area contributed by atoms with Crippen LogP contribution in [-0.2, 0) is 0 Å². The number of rotatable bonds is 2. The Hall–Kier alpha value is -0.750. The lowest BCUT2D eigenvalue weighted by Gasteiger charge is -2.19. The topological polar surface area (TPSA) is 39.1 Å². The first kappa shape index (κ1) is 8.35. The molecule has 1 unspecified atom stereocenters. The highest BCUT2D eigenvalue weighted by atomic mass is 15.2. The van der Waals surface area contributed by atoms with Gasteiger partial charge in [-0.15, -0.1) is 0 Å². The van der Waals surface area contributed by atoms with Crippen molar-refractivity contribution in [1.82, 2.24) is 10.2 Å². The van der Waals surface area contributed by atoms with Crippen LogP contribution in [0.4, 0.5) is 0 Å². The second kappa shape index (κ2) is 3.59. The summed E-state index contributed by atoms with van der Waals surface area (Å²) in [5.74, 6) is 0. The highest BCUT2D eigenvalue weighted by Crippen LogP contribution is 2.11. The molecule has 62 valence electrons. The molecule has 0 aromatic heterocycles. The van der Waals surface area contributed by atoms with Crippen molar-refractivity contribution in [3.05, 3.63) is 0 Å². The van der Waals surface area contributed by atoms with Gasteiger partial charge in [0.25, 0.3) is 0 Å². The third kappa shape index (κ3) is 2.09. The summed E-state index contributed by atoms with van der Waals surface area (Å²) < 4.78 is 0. The predicted molar refractivity (Wildman–Crippen MR) is 43.9 cm³/mol. The molecule has 0 spiro atoms. The van der Waals surface area contributed by atoms with Gasteiger partial charge < -0.3 is 5.32 Å². The van der Waals surface area contributed by atoms with E-state index in [0.717, 1.165) is 19.5 Å². The van der Waals surface area contributed by atoms with Gasteiger partial charge in [-0.3, -0.25) is 4.90 Å². The summed E-state index contributed by atoms with van der Waals surface area (Å²) in [6.07, 6.45) is 3.10. The number of nitrogens with one attached hydrogen (secondary N) is 1. The minimum absolute atomic E-state index is 0.391. The van der Waals surface area contributed by atoms with Gasteiger partial charge in [-0.25, -0.2) is 0 Å². The molecule has 0 aromatic carbocycles. The van der Waals surface area contributed by atoms with Crippen molar-refractivity contribution in [3.63, 3.8) is 0 Å². The molecule has 1 aliphatic rings. The van der Waals surface area contributed by atoms with E-state index in [1.54, 1.807) is 0 Å². The number of nitriles is 1. The van der Waals surface area contributed by atoms with Gasteiger partial charge in [-0.1, -0.05) is 0 Å². The Labute approximate surface area is 68.0 Å². The summed E-state index contributed by atoms with van der Waals surface area (Å²) in [5, 5.41) is 11.2. The van der Waals surface area contributed by atoms with Crippen LogP contribution in [0.1, 0.15) is 20.3 Å². The molecular formula is C8H15N3. The van der Waals surface area contributed by atoms with Crippen molar-refractivity contribution in [2.45, 2.75) is 32.4 Å². The fraction of sp³-hybridized carbons (Fsp3) is 0.875. The smallest absolute Gasteiger partial charge is 0.176 e. The van der Waals surface area contributed by atoms with E-state index in [-0.39, 0.29) is 0 Å². The van der Waals surface area contributed by atoms with Crippen LogP contribution in [0.2, 0.25) is 0 Å². The van der Waals surface area contributed by atoms with E-state index in [2.05, 4.69) is 24.1 Å². The van der Waals surface area contributed by atoms with Gasteiger partial charge in [0.05, 0.1) is 0 Å². The molecule has 0 aromatic rings. The number of nitrogens with zero attached hydrogens (tertiary/aromatic N) is 2. The van der Waals surface area contributed by atoms with Crippen LogP contribution >= 0.6 is 0 Å². The first-order valence-corrected chi connectivity index (χ1v) is 4.12. The Bertz CT molecular complexity index is 159. The zero-order valence-electron chi connectivity index (χ0n) is 7.17. The number of likely N-dealkylation sites (tertiary alicyclic amines) is 1. The molecule has 3 nitrogen and oxygen atoms in total. The van der Waals surface area contributed by atoms with Gasteiger partial charge in [-0.2, -0.15) is 5.26 Å². The molecule has 0 radical (unpaired) electrons. The quantitative estimate of drug-likeness (QED) is 0.465. The Morgan fingerprint density at radius 1 is 1.64 bits per heavy atom. The van der Waals surface area contributed by atoms with Crippen molar-refractivity contribution in [2.75, 3.05) is 13.1 Å². The summed E-state index contributed by atoms with van der Waals surface area (Å²) >= 11 is 0. The molecule has 1 N–H and O–H groups in total. The van der Waals surface area contributed by atoms with Gasteiger partial charge >= 0.3 is 0 Å². The predicted octanol–water partition coefficient (Wildman–Crippen LogP) is 0.540. The second-order valence-electron chi connectivity index (χ2n) is 3.33. The van der Waals surface area contributed by atoms with Gasteiger partial charge in [-0.05, 0) is 20.3 Å². The van der Waals surface area contributed by atoms with Crippen LogP contribution in [0, 0.1) is 11.5 Å². The van der Waals surface area contributed by atoms with E-state index in [1.807, 2.05) is 6.19 Å². The van der Waals surface area contributed by atoms with Crippen LogP contribution in [0.5, 0.6) is 0 Å². The second-order valence-corrected chi connectivity index (χ2v) is 3.33. The fourth-order valence-corrected chi connectivity index (χ4v) is 1.47. The van der Waals surface area contributed by atoms with E-state index in [4.69, 9.17) is 5.26 Å². The molecule has 1 rings (SSSR count). The highest BCUT2D eigenvalue weighted by molar-refractivity contribution is 4.86. The third-order valence-corrected chi connectivity index (χ3v) is 2.22. The third-order valence-electron chi connectivity index (χ3n) is 2.22. The van der Waals surface area contributed by atoms with Crippen molar-refractivity contribution in [3.8, 4) is 6.19 Å². The summed E-state index contributed by atoms with van der Waals surface area (Å²) in [6, 6.07) is 1.00. The summed E-state index contributed by atoms with van der Waals surface area (Å²) in [5.41, 5.74) is 0. The summed E-state index contributed by atoms with van der Waals surface area (Å²) in [4.78, 5) is 2.38. The molecule has 3 heteroatoms. The lowest BCUT2D eigenvalue weighted by atomic mass is 10.3. The summed E-state index contributed by atoms with van der Waals surface area (Å²) in [7, 11) is 0. The first-order valence-electron chi connectivity index (χ1n) is 4.12. The lowest BCUT2D eigenvalue weighted by Crippen LogP contribution is -2.33. The van der Waals surface area contributed by atoms with E-state index in [9.17, 15) is 0 Å². The molecule has 1 fully saturated rings. The van der Waals surface area contributed by atoms with E-state index in [0.29, 0.717) is 12.1 Å².